The smallest absolute Gasteiger partial charge is 0.334 e. The summed E-state index contributed by atoms with van der Waals surface area (Å²) in [4.78, 5) is 22.3. The molecule has 0 radical (unpaired) electrons. The Morgan fingerprint density at radius 3 is 2.33 bits per heavy atom. The normalized spacial score (nSPS) is 11.0. The van der Waals surface area contributed by atoms with Crippen LogP contribution in [0, 0.1) is 10.1 Å². The second-order valence-electron chi connectivity index (χ2n) is 5.16. The first-order chi connectivity index (χ1) is 11.5. The lowest BCUT2D eigenvalue weighted by molar-refractivity contribution is -0.384. The molecule has 0 aliphatic rings. The van der Waals surface area contributed by atoms with E-state index in [0.717, 1.165) is 11.1 Å². The van der Waals surface area contributed by atoms with E-state index >= 15 is 0 Å². The summed E-state index contributed by atoms with van der Waals surface area (Å²) in [7, 11) is 1.33. The van der Waals surface area contributed by atoms with Crippen LogP contribution in [0.2, 0.25) is 0 Å². The average molecular weight is 323 g/mol. The summed E-state index contributed by atoms with van der Waals surface area (Å²) in [5, 5.41) is 10.7. The molecule has 2 aromatic rings. The first-order valence-corrected chi connectivity index (χ1v) is 7.28. The molecule has 0 fully saturated rings. The van der Waals surface area contributed by atoms with Gasteiger partial charge in [0.1, 0.15) is 0 Å². The number of hydrogen-bond acceptors (Lipinski definition) is 4. The van der Waals surface area contributed by atoms with Crippen LogP contribution in [0.15, 0.2) is 66.7 Å². The fourth-order valence-electron chi connectivity index (χ4n) is 2.21. The van der Waals surface area contributed by atoms with E-state index in [1.54, 1.807) is 18.2 Å². The van der Waals surface area contributed by atoms with Gasteiger partial charge in [-0.2, -0.15) is 0 Å². The number of rotatable bonds is 6. The lowest BCUT2D eigenvalue weighted by Crippen LogP contribution is -2.05. The molecule has 0 saturated heterocycles. The van der Waals surface area contributed by atoms with Gasteiger partial charge in [-0.15, -0.1) is 0 Å². The van der Waals surface area contributed by atoms with Crippen molar-refractivity contribution in [3.63, 3.8) is 0 Å². The molecule has 0 N–H and O–H groups in total. The molecule has 0 amide bonds. The van der Waals surface area contributed by atoms with Gasteiger partial charge in [0, 0.05) is 24.1 Å². The van der Waals surface area contributed by atoms with Gasteiger partial charge in [-0.1, -0.05) is 36.9 Å². The van der Waals surface area contributed by atoms with Gasteiger partial charge in [-0.05, 0) is 34.9 Å². The fraction of sp³-hybridized carbons (Fsp3) is 0.105. The van der Waals surface area contributed by atoms with Crippen LogP contribution >= 0.6 is 0 Å². The van der Waals surface area contributed by atoms with Crippen LogP contribution in [-0.2, 0) is 9.53 Å². The van der Waals surface area contributed by atoms with Crippen LogP contribution < -0.4 is 0 Å². The Kier molecular flexibility index (Phi) is 5.63. The maximum atomic E-state index is 12.0. The van der Waals surface area contributed by atoms with E-state index in [9.17, 15) is 14.9 Å². The van der Waals surface area contributed by atoms with Gasteiger partial charge in [0.2, 0.25) is 0 Å². The van der Waals surface area contributed by atoms with Crippen molar-refractivity contribution in [2.75, 3.05) is 7.11 Å². The Morgan fingerprint density at radius 2 is 1.79 bits per heavy atom. The molecule has 0 spiro atoms. The standard InChI is InChI=1S/C19H17NO4/c1-14(16-8-10-18(11-9-16)20(22)23)12-17(19(21)24-2)13-15-6-4-3-5-7-15/h3-11,13H,1,12H2,2H3/b17-13+. The molecule has 5 heteroatoms. The Labute approximate surface area is 140 Å². The molecule has 0 aliphatic carbocycles. The van der Waals surface area contributed by atoms with Crippen molar-refractivity contribution in [1.82, 2.24) is 0 Å². The Morgan fingerprint density at radius 1 is 1.17 bits per heavy atom. The van der Waals surface area contributed by atoms with E-state index in [2.05, 4.69) is 6.58 Å². The third kappa shape index (κ3) is 4.39. The molecule has 0 atom stereocenters. The van der Waals surface area contributed by atoms with Gasteiger partial charge in [0.15, 0.2) is 0 Å². The third-order valence-corrected chi connectivity index (χ3v) is 3.48. The summed E-state index contributed by atoms with van der Waals surface area (Å²) in [5.41, 5.74) is 2.78. The lowest BCUT2D eigenvalue weighted by atomic mass is 9.98. The van der Waals surface area contributed by atoms with Crippen LogP contribution in [0.4, 0.5) is 5.69 Å². The summed E-state index contributed by atoms with van der Waals surface area (Å²) in [6.45, 7) is 3.98. The van der Waals surface area contributed by atoms with E-state index in [1.165, 1.54) is 19.2 Å². The van der Waals surface area contributed by atoms with E-state index in [4.69, 9.17) is 4.74 Å². The number of carbonyl (C=O) groups is 1. The molecule has 2 aromatic carbocycles. The Bertz CT molecular complexity index is 777. The summed E-state index contributed by atoms with van der Waals surface area (Å²) in [6, 6.07) is 15.5. The average Bonchev–Trinajstić information content (AvgIpc) is 2.61. The zero-order valence-electron chi connectivity index (χ0n) is 13.3. The summed E-state index contributed by atoms with van der Waals surface area (Å²) >= 11 is 0. The molecule has 5 nitrogen and oxygen atoms in total. The molecular weight excluding hydrogens is 306 g/mol. The number of benzene rings is 2. The molecule has 0 saturated carbocycles. The maximum absolute atomic E-state index is 12.0. The number of hydrogen-bond donors (Lipinski definition) is 0. The lowest BCUT2D eigenvalue weighted by Gasteiger charge is -2.09. The van der Waals surface area contributed by atoms with Gasteiger partial charge >= 0.3 is 5.97 Å². The number of nitrogens with zero attached hydrogens (tertiary/aromatic N) is 1. The summed E-state index contributed by atoms with van der Waals surface area (Å²) in [6.07, 6.45) is 2.04. The Balaban J connectivity index is 2.23. The van der Waals surface area contributed by atoms with Crippen molar-refractivity contribution < 1.29 is 14.5 Å². The minimum atomic E-state index is -0.457. The van der Waals surface area contributed by atoms with Crippen LogP contribution in [-0.4, -0.2) is 18.0 Å². The maximum Gasteiger partial charge on any atom is 0.334 e. The van der Waals surface area contributed by atoms with Crippen molar-refractivity contribution in [2.45, 2.75) is 6.42 Å². The molecule has 0 aliphatic heterocycles. The molecule has 122 valence electrons. The van der Waals surface area contributed by atoms with Crippen molar-refractivity contribution in [1.29, 1.82) is 0 Å². The zero-order chi connectivity index (χ0) is 17.5. The Hall–Kier alpha value is -3.21. The second kappa shape index (κ2) is 7.87. The number of allylic oxidation sites excluding steroid dienone is 1. The number of ether oxygens (including phenoxy) is 1. The molecule has 0 unspecified atom stereocenters. The fourth-order valence-corrected chi connectivity index (χ4v) is 2.21. The monoisotopic (exact) mass is 323 g/mol. The molecule has 0 bridgehead atoms. The van der Waals surface area contributed by atoms with E-state index in [0.29, 0.717) is 17.6 Å². The highest BCUT2D eigenvalue weighted by Gasteiger charge is 2.13. The third-order valence-electron chi connectivity index (χ3n) is 3.48. The first-order valence-electron chi connectivity index (χ1n) is 7.28. The number of carbonyl (C=O) groups excluding carboxylic acids is 1. The molecule has 0 heterocycles. The van der Waals surface area contributed by atoms with Crippen LogP contribution in [0.25, 0.3) is 11.6 Å². The van der Waals surface area contributed by atoms with Gasteiger partial charge in [0.25, 0.3) is 5.69 Å². The van der Waals surface area contributed by atoms with Crippen molar-refractivity contribution in [3.8, 4) is 0 Å². The topological polar surface area (TPSA) is 69.4 Å². The number of nitro groups is 1. The molecule has 0 aromatic heterocycles. The highest BCUT2D eigenvalue weighted by atomic mass is 16.6. The predicted molar refractivity (Wildman–Crippen MR) is 93.2 cm³/mol. The first kappa shape index (κ1) is 17.1. The van der Waals surface area contributed by atoms with E-state index in [-0.39, 0.29) is 5.69 Å². The van der Waals surface area contributed by atoms with Crippen LogP contribution in [0.1, 0.15) is 17.5 Å². The number of methoxy groups -OCH3 is 1. The van der Waals surface area contributed by atoms with Crippen molar-refractivity contribution in [3.05, 3.63) is 88.0 Å². The zero-order valence-corrected chi connectivity index (χ0v) is 13.3. The highest BCUT2D eigenvalue weighted by Crippen LogP contribution is 2.24. The summed E-state index contributed by atoms with van der Waals surface area (Å²) in [5.74, 6) is -0.429. The van der Waals surface area contributed by atoms with Crippen molar-refractivity contribution in [2.24, 2.45) is 0 Å². The number of nitro benzene ring substituents is 1. The SMILES string of the molecule is C=C(C/C(=C\c1ccccc1)C(=O)OC)c1ccc([N+](=O)[O-])cc1. The minimum Gasteiger partial charge on any atom is -0.466 e. The van der Waals surface area contributed by atoms with Gasteiger partial charge in [0.05, 0.1) is 12.0 Å². The van der Waals surface area contributed by atoms with E-state index in [1.807, 2.05) is 30.3 Å². The highest BCUT2D eigenvalue weighted by molar-refractivity contribution is 5.96. The minimum absolute atomic E-state index is 0.0135. The predicted octanol–water partition coefficient (Wildman–Crippen LogP) is 4.25. The van der Waals surface area contributed by atoms with Gasteiger partial charge < -0.3 is 4.74 Å². The molecule has 24 heavy (non-hydrogen) atoms. The number of esters is 1. The van der Waals surface area contributed by atoms with Crippen LogP contribution in [0.3, 0.4) is 0 Å². The second-order valence-corrected chi connectivity index (χ2v) is 5.16. The molecule has 2 rings (SSSR count). The quantitative estimate of drug-likeness (QED) is 0.345. The van der Waals surface area contributed by atoms with Crippen LogP contribution in [0.5, 0.6) is 0 Å². The largest absolute Gasteiger partial charge is 0.466 e. The molecular formula is C19H17NO4. The van der Waals surface area contributed by atoms with Gasteiger partial charge in [-0.25, -0.2) is 4.79 Å². The van der Waals surface area contributed by atoms with Crippen molar-refractivity contribution >= 4 is 23.3 Å². The van der Waals surface area contributed by atoms with Gasteiger partial charge in [-0.3, -0.25) is 10.1 Å². The van der Waals surface area contributed by atoms with E-state index < -0.39 is 10.9 Å². The summed E-state index contributed by atoms with van der Waals surface area (Å²) < 4.78 is 4.83. The number of non-ortho nitro benzene ring substituents is 1.